The molecule has 4 heteroatoms. The van der Waals surface area contributed by atoms with Crippen LogP contribution in [-0.4, -0.2) is 26.2 Å². The highest BCUT2D eigenvalue weighted by atomic mass is 16.5. The van der Waals surface area contributed by atoms with E-state index in [1.807, 2.05) is 13.0 Å². The molecule has 1 aromatic carbocycles. The Labute approximate surface area is 113 Å². The SMILES string of the molecule is CCCCc1c(C)ccc(C(=O)OC)c1C(=O)OC. The van der Waals surface area contributed by atoms with Crippen molar-refractivity contribution in [2.24, 2.45) is 0 Å². The minimum absolute atomic E-state index is 0.269. The van der Waals surface area contributed by atoms with Crippen molar-refractivity contribution in [1.82, 2.24) is 0 Å². The molecule has 0 saturated heterocycles. The smallest absolute Gasteiger partial charge is 0.339 e. The maximum atomic E-state index is 12.0. The molecule has 0 spiro atoms. The third-order valence-electron chi connectivity index (χ3n) is 3.12. The predicted octanol–water partition coefficient (Wildman–Crippen LogP) is 2.91. The third-order valence-corrected chi connectivity index (χ3v) is 3.12. The molecule has 0 aliphatic heterocycles. The van der Waals surface area contributed by atoms with Crippen LogP contribution in [0.15, 0.2) is 12.1 Å². The first-order valence-electron chi connectivity index (χ1n) is 6.35. The molecule has 104 valence electrons. The lowest BCUT2D eigenvalue weighted by Gasteiger charge is -2.14. The van der Waals surface area contributed by atoms with Crippen molar-refractivity contribution < 1.29 is 19.1 Å². The number of methoxy groups -OCH3 is 2. The zero-order valence-electron chi connectivity index (χ0n) is 11.9. The molecule has 0 saturated carbocycles. The summed E-state index contributed by atoms with van der Waals surface area (Å²) in [5.41, 5.74) is 2.46. The lowest BCUT2D eigenvalue weighted by molar-refractivity contribution is 0.0554. The third kappa shape index (κ3) is 3.34. The molecule has 1 rings (SSSR count). The molecule has 0 aromatic heterocycles. The topological polar surface area (TPSA) is 52.6 Å². The summed E-state index contributed by atoms with van der Waals surface area (Å²) in [6.07, 6.45) is 2.72. The minimum Gasteiger partial charge on any atom is -0.465 e. The molecule has 19 heavy (non-hydrogen) atoms. The summed E-state index contributed by atoms with van der Waals surface area (Å²) in [5, 5.41) is 0. The highest BCUT2D eigenvalue weighted by Gasteiger charge is 2.23. The van der Waals surface area contributed by atoms with Crippen LogP contribution in [0.3, 0.4) is 0 Å². The number of carbonyl (C=O) groups is 2. The number of benzene rings is 1. The van der Waals surface area contributed by atoms with Crippen LogP contribution in [0.4, 0.5) is 0 Å². The van der Waals surface area contributed by atoms with Crippen LogP contribution < -0.4 is 0 Å². The molecule has 1 aromatic rings. The van der Waals surface area contributed by atoms with Gasteiger partial charge in [0.2, 0.25) is 0 Å². The second kappa shape index (κ2) is 6.92. The molecule has 0 atom stereocenters. The largest absolute Gasteiger partial charge is 0.465 e. The Morgan fingerprint density at radius 1 is 1.11 bits per heavy atom. The normalized spacial score (nSPS) is 10.1. The van der Waals surface area contributed by atoms with E-state index in [1.54, 1.807) is 6.07 Å². The quantitative estimate of drug-likeness (QED) is 0.767. The number of unbranched alkanes of at least 4 members (excludes halogenated alkanes) is 1. The summed E-state index contributed by atoms with van der Waals surface area (Å²) >= 11 is 0. The Morgan fingerprint density at radius 3 is 2.26 bits per heavy atom. The standard InChI is InChI=1S/C15H20O4/c1-5-6-7-11-10(2)8-9-12(14(16)18-3)13(11)15(17)19-4/h8-9H,5-7H2,1-4H3. The van der Waals surface area contributed by atoms with Gasteiger partial charge >= 0.3 is 11.9 Å². The van der Waals surface area contributed by atoms with E-state index in [0.29, 0.717) is 5.56 Å². The van der Waals surface area contributed by atoms with Gasteiger partial charge < -0.3 is 9.47 Å². The Morgan fingerprint density at radius 2 is 1.74 bits per heavy atom. The molecular weight excluding hydrogens is 244 g/mol. The lowest BCUT2D eigenvalue weighted by atomic mass is 9.93. The predicted molar refractivity (Wildman–Crippen MR) is 72.5 cm³/mol. The van der Waals surface area contributed by atoms with Crippen LogP contribution in [0.1, 0.15) is 51.6 Å². The molecule has 0 N–H and O–H groups in total. The van der Waals surface area contributed by atoms with Crippen molar-refractivity contribution in [2.45, 2.75) is 33.1 Å². The van der Waals surface area contributed by atoms with Gasteiger partial charge in [-0.2, -0.15) is 0 Å². The highest BCUT2D eigenvalue weighted by Crippen LogP contribution is 2.23. The summed E-state index contributed by atoms with van der Waals surface area (Å²) in [4.78, 5) is 23.7. The van der Waals surface area contributed by atoms with E-state index in [0.717, 1.165) is 30.4 Å². The van der Waals surface area contributed by atoms with E-state index in [2.05, 4.69) is 6.92 Å². The van der Waals surface area contributed by atoms with Crippen molar-refractivity contribution >= 4 is 11.9 Å². The summed E-state index contributed by atoms with van der Waals surface area (Å²) in [7, 11) is 2.62. The zero-order chi connectivity index (χ0) is 14.4. The number of carbonyl (C=O) groups excluding carboxylic acids is 2. The van der Waals surface area contributed by atoms with E-state index < -0.39 is 11.9 Å². The number of hydrogen-bond acceptors (Lipinski definition) is 4. The molecule has 0 radical (unpaired) electrons. The van der Waals surface area contributed by atoms with Crippen LogP contribution >= 0.6 is 0 Å². The minimum atomic E-state index is -0.516. The number of esters is 2. The average molecular weight is 264 g/mol. The van der Waals surface area contributed by atoms with Gasteiger partial charge in [0.15, 0.2) is 0 Å². The zero-order valence-corrected chi connectivity index (χ0v) is 11.9. The molecule has 0 unspecified atom stereocenters. The monoisotopic (exact) mass is 264 g/mol. The lowest BCUT2D eigenvalue weighted by Crippen LogP contribution is -2.15. The fourth-order valence-corrected chi connectivity index (χ4v) is 2.04. The first-order valence-corrected chi connectivity index (χ1v) is 6.35. The van der Waals surface area contributed by atoms with Gasteiger partial charge in [0, 0.05) is 0 Å². The highest BCUT2D eigenvalue weighted by molar-refractivity contribution is 6.04. The molecule has 0 amide bonds. The van der Waals surface area contributed by atoms with Crippen molar-refractivity contribution in [3.8, 4) is 0 Å². The second-order valence-corrected chi connectivity index (χ2v) is 4.37. The van der Waals surface area contributed by atoms with Gasteiger partial charge in [-0.25, -0.2) is 9.59 Å². The number of hydrogen-bond donors (Lipinski definition) is 0. The van der Waals surface area contributed by atoms with Crippen molar-refractivity contribution in [3.05, 3.63) is 34.4 Å². The Balaban J connectivity index is 3.40. The molecule has 0 heterocycles. The second-order valence-electron chi connectivity index (χ2n) is 4.37. The summed E-state index contributed by atoms with van der Waals surface area (Å²) < 4.78 is 9.52. The van der Waals surface area contributed by atoms with Gasteiger partial charge in [-0.15, -0.1) is 0 Å². The summed E-state index contributed by atoms with van der Waals surface area (Å²) in [6.45, 7) is 4.01. The van der Waals surface area contributed by atoms with Crippen molar-refractivity contribution in [1.29, 1.82) is 0 Å². The van der Waals surface area contributed by atoms with E-state index in [1.165, 1.54) is 14.2 Å². The van der Waals surface area contributed by atoms with Crippen LogP contribution in [0, 0.1) is 6.92 Å². The van der Waals surface area contributed by atoms with Gasteiger partial charge in [0.1, 0.15) is 0 Å². The van der Waals surface area contributed by atoms with E-state index in [4.69, 9.17) is 9.47 Å². The summed E-state index contributed by atoms with van der Waals surface area (Å²) in [6, 6.07) is 3.45. The van der Waals surface area contributed by atoms with Gasteiger partial charge in [-0.3, -0.25) is 0 Å². The first-order chi connectivity index (χ1) is 9.06. The first kappa shape index (κ1) is 15.2. The van der Waals surface area contributed by atoms with E-state index in [-0.39, 0.29) is 5.56 Å². The molecule has 0 aliphatic carbocycles. The number of rotatable bonds is 5. The molecule has 4 nitrogen and oxygen atoms in total. The molecular formula is C15H20O4. The van der Waals surface area contributed by atoms with Crippen LogP contribution in [0.2, 0.25) is 0 Å². The average Bonchev–Trinajstić information content (AvgIpc) is 2.43. The summed E-state index contributed by atoms with van der Waals surface area (Å²) in [5.74, 6) is -1.01. The number of ether oxygens (including phenoxy) is 2. The van der Waals surface area contributed by atoms with Crippen LogP contribution in [0.5, 0.6) is 0 Å². The van der Waals surface area contributed by atoms with Gasteiger partial charge in [-0.05, 0) is 37.0 Å². The molecule has 0 fully saturated rings. The van der Waals surface area contributed by atoms with Gasteiger partial charge in [0.25, 0.3) is 0 Å². The maximum Gasteiger partial charge on any atom is 0.339 e. The number of aryl methyl sites for hydroxylation is 1. The Bertz CT molecular complexity index is 477. The van der Waals surface area contributed by atoms with Crippen LogP contribution in [-0.2, 0) is 15.9 Å². The Hall–Kier alpha value is -1.84. The maximum absolute atomic E-state index is 12.0. The fraction of sp³-hybridized carbons (Fsp3) is 0.467. The van der Waals surface area contributed by atoms with Crippen molar-refractivity contribution in [2.75, 3.05) is 14.2 Å². The molecule has 0 bridgehead atoms. The van der Waals surface area contributed by atoms with Gasteiger partial charge in [0.05, 0.1) is 25.3 Å². The van der Waals surface area contributed by atoms with Crippen molar-refractivity contribution in [3.63, 3.8) is 0 Å². The fourth-order valence-electron chi connectivity index (χ4n) is 2.04. The van der Waals surface area contributed by atoms with E-state index >= 15 is 0 Å². The van der Waals surface area contributed by atoms with E-state index in [9.17, 15) is 9.59 Å². The Kier molecular flexibility index (Phi) is 5.55. The van der Waals surface area contributed by atoms with Crippen LogP contribution in [0.25, 0.3) is 0 Å². The van der Waals surface area contributed by atoms with Gasteiger partial charge in [-0.1, -0.05) is 19.4 Å². The molecule has 0 aliphatic rings.